The fourth-order valence-electron chi connectivity index (χ4n) is 2.16. The molecule has 0 aliphatic heterocycles. The van der Waals surface area contributed by atoms with Crippen LogP contribution >= 0.6 is 0 Å². The van der Waals surface area contributed by atoms with Crippen LogP contribution in [0.2, 0.25) is 0 Å². The van der Waals surface area contributed by atoms with Gasteiger partial charge in [0.15, 0.2) is 0 Å². The van der Waals surface area contributed by atoms with Crippen LogP contribution in [0.25, 0.3) is 0 Å². The van der Waals surface area contributed by atoms with Gasteiger partial charge in [-0.05, 0) is 31.3 Å². The molecule has 0 fully saturated rings. The molecule has 0 radical (unpaired) electrons. The van der Waals surface area contributed by atoms with E-state index in [1.54, 1.807) is 12.2 Å². The average molecular weight is 360 g/mol. The van der Waals surface area contributed by atoms with Crippen molar-refractivity contribution in [1.82, 2.24) is 21.3 Å². The highest BCUT2D eigenvalue weighted by molar-refractivity contribution is 5.94. The van der Waals surface area contributed by atoms with E-state index in [2.05, 4.69) is 16.0 Å². The van der Waals surface area contributed by atoms with Gasteiger partial charge in [0.1, 0.15) is 6.29 Å². The number of hydrogen-bond donors (Lipinski definition) is 6. The number of hydrogen-bond acceptors (Lipinski definition) is 6. The molecule has 0 aliphatic carbocycles. The Labute approximate surface area is 146 Å². The SMILES string of the molecule is CC(CNC(=O)O)[C@H](NCCCN[C@H](C=O)C(C)C)C(=O)NC(=O)O. The highest BCUT2D eigenvalue weighted by atomic mass is 16.4. The van der Waals surface area contributed by atoms with Crippen molar-refractivity contribution < 1.29 is 29.4 Å². The predicted octanol–water partition coefficient (Wildman–Crippen LogP) is -0.154. The van der Waals surface area contributed by atoms with Gasteiger partial charge in [-0.2, -0.15) is 0 Å². The second-order valence-corrected chi connectivity index (χ2v) is 6.10. The molecule has 3 amide bonds. The maximum absolute atomic E-state index is 12.0. The Bertz CT molecular complexity index is 457. The lowest BCUT2D eigenvalue weighted by atomic mass is 10.0. The van der Waals surface area contributed by atoms with Crippen LogP contribution in [0.5, 0.6) is 0 Å². The molecule has 1 unspecified atom stereocenters. The van der Waals surface area contributed by atoms with Crippen molar-refractivity contribution in [1.29, 1.82) is 0 Å². The first-order chi connectivity index (χ1) is 11.7. The Morgan fingerprint density at radius 3 is 2.08 bits per heavy atom. The molecule has 0 aromatic carbocycles. The van der Waals surface area contributed by atoms with E-state index in [1.165, 1.54) is 0 Å². The third-order valence-electron chi connectivity index (χ3n) is 3.62. The second kappa shape index (κ2) is 12.2. The van der Waals surface area contributed by atoms with E-state index in [0.717, 1.165) is 6.29 Å². The van der Waals surface area contributed by atoms with Gasteiger partial charge in [-0.1, -0.05) is 20.8 Å². The molecule has 0 spiro atoms. The van der Waals surface area contributed by atoms with Crippen molar-refractivity contribution in [3.63, 3.8) is 0 Å². The Hall–Kier alpha value is -2.20. The number of carbonyl (C=O) groups is 4. The number of imide groups is 1. The molecule has 0 saturated heterocycles. The molecule has 25 heavy (non-hydrogen) atoms. The zero-order valence-corrected chi connectivity index (χ0v) is 14.7. The first-order valence-corrected chi connectivity index (χ1v) is 8.11. The average Bonchev–Trinajstić information content (AvgIpc) is 2.50. The van der Waals surface area contributed by atoms with E-state index >= 15 is 0 Å². The largest absolute Gasteiger partial charge is 0.465 e. The summed E-state index contributed by atoms with van der Waals surface area (Å²) in [5, 5.41) is 27.3. The van der Waals surface area contributed by atoms with Crippen molar-refractivity contribution in [2.75, 3.05) is 19.6 Å². The van der Waals surface area contributed by atoms with Crippen molar-refractivity contribution in [3.05, 3.63) is 0 Å². The van der Waals surface area contributed by atoms with Gasteiger partial charge < -0.3 is 31.0 Å². The van der Waals surface area contributed by atoms with Crippen molar-refractivity contribution in [3.8, 4) is 0 Å². The molecule has 10 heteroatoms. The molecule has 10 nitrogen and oxygen atoms in total. The maximum atomic E-state index is 12.0. The maximum Gasteiger partial charge on any atom is 0.411 e. The van der Waals surface area contributed by atoms with Crippen LogP contribution in [0.3, 0.4) is 0 Å². The summed E-state index contributed by atoms with van der Waals surface area (Å²) in [6, 6.07) is -1.11. The summed E-state index contributed by atoms with van der Waals surface area (Å²) in [6.45, 7) is 6.42. The summed E-state index contributed by atoms with van der Waals surface area (Å²) in [5.41, 5.74) is 0. The normalized spacial score (nSPS) is 14.4. The topological polar surface area (TPSA) is 157 Å². The third kappa shape index (κ3) is 10.3. The Morgan fingerprint density at radius 2 is 1.60 bits per heavy atom. The monoisotopic (exact) mass is 360 g/mol. The fraction of sp³-hybridized carbons (Fsp3) is 0.733. The van der Waals surface area contributed by atoms with Gasteiger partial charge in [0.05, 0.1) is 12.1 Å². The van der Waals surface area contributed by atoms with E-state index in [4.69, 9.17) is 10.2 Å². The molecular formula is C15H28N4O6. The van der Waals surface area contributed by atoms with Crippen LogP contribution in [0.15, 0.2) is 0 Å². The second-order valence-electron chi connectivity index (χ2n) is 6.10. The van der Waals surface area contributed by atoms with Crippen LogP contribution in [0.1, 0.15) is 27.2 Å². The van der Waals surface area contributed by atoms with Gasteiger partial charge in [0, 0.05) is 6.54 Å². The van der Waals surface area contributed by atoms with Gasteiger partial charge in [-0.15, -0.1) is 0 Å². The minimum atomic E-state index is -1.47. The first-order valence-electron chi connectivity index (χ1n) is 8.11. The zero-order valence-electron chi connectivity index (χ0n) is 14.7. The van der Waals surface area contributed by atoms with E-state index in [0.29, 0.717) is 19.5 Å². The minimum Gasteiger partial charge on any atom is -0.465 e. The summed E-state index contributed by atoms with van der Waals surface area (Å²) in [7, 11) is 0. The standard InChI is InChI=1S/C15H28N4O6/c1-9(2)11(8-20)16-5-4-6-17-12(13(21)19-15(24)25)10(3)7-18-14(22)23/h8-12,16-18H,4-7H2,1-3H3,(H,19,21)(H,22,23)(H,24,25)/t10?,11-,12+/m1/s1. The lowest BCUT2D eigenvalue weighted by molar-refractivity contribution is -0.123. The number of nitrogens with one attached hydrogen (secondary N) is 4. The lowest BCUT2D eigenvalue weighted by Crippen LogP contribution is -2.52. The quantitative estimate of drug-likeness (QED) is 0.207. The molecule has 0 aliphatic rings. The molecule has 0 heterocycles. The van der Waals surface area contributed by atoms with Crippen LogP contribution in [-0.2, 0) is 9.59 Å². The summed E-state index contributed by atoms with van der Waals surface area (Å²) in [4.78, 5) is 44.0. The van der Waals surface area contributed by atoms with Gasteiger partial charge in [0.25, 0.3) is 0 Å². The van der Waals surface area contributed by atoms with Crippen molar-refractivity contribution >= 4 is 24.4 Å². The lowest BCUT2D eigenvalue weighted by Gasteiger charge is -2.24. The molecule has 0 aromatic rings. The van der Waals surface area contributed by atoms with E-state index in [-0.39, 0.29) is 18.5 Å². The fourth-order valence-corrected chi connectivity index (χ4v) is 2.16. The molecule has 6 N–H and O–H groups in total. The highest BCUT2D eigenvalue weighted by Gasteiger charge is 2.26. The summed E-state index contributed by atoms with van der Waals surface area (Å²) in [6.07, 6.45) is -1.24. The Morgan fingerprint density at radius 1 is 1.00 bits per heavy atom. The molecule has 0 aromatic heterocycles. The van der Waals surface area contributed by atoms with Gasteiger partial charge >= 0.3 is 12.2 Å². The van der Waals surface area contributed by atoms with Gasteiger partial charge in [-0.25, -0.2) is 9.59 Å². The molecule has 144 valence electrons. The zero-order chi connectivity index (χ0) is 19.4. The van der Waals surface area contributed by atoms with E-state index in [1.807, 2.05) is 13.8 Å². The van der Waals surface area contributed by atoms with Crippen LogP contribution in [-0.4, -0.2) is 66.3 Å². The molecule has 0 saturated carbocycles. The van der Waals surface area contributed by atoms with Crippen LogP contribution in [0.4, 0.5) is 9.59 Å². The Kier molecular flexibility index (Phi) is 11.1. The third-order valence-corrected chi connectivity index (χ3v) is 3.62. The summed E-state index contributed by atoms with van der Waals surface area (Å²) >= 11 is 0. The van der Waals surface area contributed by atoms with E-state index in [9.17, 15) is 19.2 Å². The van der Waals surface area contributed by atoms with Gasteiger partial charge in [-0.3, -0.25) is 10.1 Å². The van der Waals surface area contributed by atoms with Crippen molar-refractivity contribution in [2.45, 2.75) is 39.3 Å². The number of amides is 3. The first kappa shape index (κ1) is 22.8. The van der Waals surface area contributed by atoms with Crippen LogP contribution in [0, 0.1) is 11.8 Å². The highest BCUT2D eigenvalue weighted by Crippen LogP contribution is 2.03. The van der Waals surface area contributed by atoms with E-state index < -0.39 is 30.1 Å². The number of rotatable bonds is 12. The van der Waals surface area contributed by atoms with Crippen molar-refractivity contribution in [2.24, 2.45) is 11.8 Å². The van der Waals surface area contributed by atoms with Gasteiger partial charge in [0.2, 0.25) is 5.91 Å². The predicted molar refractivity (Wildman–Crippen MR) is 90.5 cm³/mol. The summed E-state index contributed by atoms with van der Waals surface area (Å²) in [5.74, 6) is -1.03. The molecule has 0 bridgehead atoms. The minimum absolute atomic E-state index is 0.00114. The molecular weight excluding hydrogens is 332 g/mol. The summed E-state index contributed by atoms with van der Waals surface area (Å²) < 4.78 is 0. The smallest absolute Gasteiger partial charge is 0.411 e. The van der Waals surface area contributed by atoms with Crippen LogP contribution < -0.4 is 21.3 Å². The number of aldehydes is 1. The molecule has 3 atom stereocenters. The number of carbonyl (C=O) groups excluding carboxylic acids is 2. The Balaban J connectivity index is 4.47. The molecule has 0 rings (SSSR count). The number of carboxylic acid groups (broad SMARTS) is 2.